The minimum absolute atomic E-state index is 0.199. The molecule has 0 spiro atoms. The first-order valence-electron chi connectivity index (χ1n) is 6.18. The third kappa shape index (κ3) is 2.47. The quantitative estimate of drug-likeness (QED) is 0.864. The maximum atomic E-state index is 12.4. The van der Waals surface area contributed by atoms with Crippen LogP contribution in [0.2, 0.25) is 0 Å². The number of thioether (sulfide) groups is 1. The van der Waals surface area contributed by atoms with Gasteiger partial charge in [-0.25, -0.2) is 4.79 Å². The van der Waals surface area contributed by atoms with Crippen LogP contribution in [0.3, 0.4) is 0 Å². The molecule has 1 N–H and O–H groups in total. The Labute approximate surface area is 116 Å². The predicted octanol–water partition coefficient (Wildman–Crippen LogP) is 2.49. The summed E-state index contributed by atoms with van der Waals surface area (Å²) in [6.07, 6.45) is 3.22. The van der Waals surface area contributed by atoms with Gasteiger partial charge in [-0.05, 0) is 50.3 Å². The van der Waals surface area contributed by atoms with E-state index in [2.05, 4.69) is 0 Å². The Bertz CT molecular complexity index is 500. The summed E-state index contributed by atoms with van der Waals surface area (Å²) in [5.41, 5.74) is -0.526. The molecule has 1 heterocycles. The Morgan fingerprint density at radius 3 is 2.47 bits per heavy atom. The predicted molar refractivity (Wildman–Crippen MR) is 74.5 cm³/mol. The average Bonchev–Trinajstić information content (AvgIpc) is 2.81. The summed E-state index contributed by atoms with van der Waals surface area (Å²) in [5, 5.41) is 9.32. The Morgan fingerprint density at radius 2 is 1.95 bits per heavy atom. The van der Waals surface area contributed by atoms with Gasteiger partial charge in [-0.2, -0.15) is 0 Å². The van der Waals surface area contributed by atoms with Gasteiger partial charge in [0.05, 0.1) is 0 Å². The topological polar surface area (TPSA) is 57.6 Å². The van der Waals surface area contributed by atoms with Gasteiger partial charge < -0.3 is 10.0 Å². The second-order valence-electron chi connectivity index (χ2n) is 4.87. The van der Waals surface area contributed by atoms with Crippen molar-refractivity contribution in [1.29, 1.82) is 0 Å². The zero-order valence-electron chi connectivity index (χ0n) is 11.0. The normalized spacial score (nSPS) is 22.5. The van der Waals surface area contributed by atoms with Crippen LogP contribution in [0.1, 0.15) is 30.1 Å². The van der Waals surface area contributed by atoms with Crippen LogP contribution in [0.15, 0.2) is 29.2 Å². The Morgan fingerprint density at radius 1 is 1.32 bits per heavy atom. The molecular formula is C14H17NO3S. The highest BCUT2D eigenvalue weighted by Gasteiger charge is 2.45. The lowest BCUT2D eigenvalue weighted by Crippen LogP contribution is -2.50. The SMILES string of the molecule is CSc1ccc(C(=O)N2CCCC2(C)C(=O)O)cc1. The molecule has 1 unspecified atom stereocenters. The number of carboxylic acids is 1. The van der Waals surface area contributed by atoms with E-state index in [1.165, 1.54) is 4.90 Å². The van der Waals surface area contributed by atoms with Crippen LogP contribution >= 0.6 is 11.8 Å². The molecule has 1 aromatic carbocycles. The maximum Gasteiger partial charge on any atom is 0.329 e. The lowest BCUT2D eigenvalue weighted by atomic mass is 9.98. The molecule has 1 amide bonds. The summed E-state index contributed by atoms with van der Waals surface area (Å²) in [7, 11) is 0. The van der Waals surface area contributed by atoms with Crippen LogP contribution in [0.5, 0.6) is 0 Å². The summed E-state index contributed by atoms with van der Waals surface area (Å²) in [6.45, 7) is 2.13. The number of rotatable bonds is 3. The van der Waals surface area contributed by atoms with Crippen LogP contribution < -0.4 is 0 Å². The monoisotopic (exact) mass is 279 g/mol. The molecule has 0 saturated carbocycles. The number of nitrogens with zero attached hydrogens (tertiary/aromatic N) is 1. The van der Waals surface area contributed by atoms with Crippen molar-refractivity contribution in [2.24, 2.45) is 0 Å². The zero-order chi connectivity index (χ0) is 14.0. The van der Waals surface area contributed by atoms with Crippen molar-refractivity contribution in [3.8, 4) is 0 Å². The molecule has 1 atom stereocenters. The standard InChI is InChI=1S/C14H17NO3S/c1-14(13(17)18)8-3-9-15(14)12(16)10-4-6-11(19-2)7-5-10/h4-7H,3,8-9H2,1-2H3,(H,17,18). The fraction of sp³-hybridized carbons (Fsp3) is 0.429. The Hall–Kier alpha value is -1.49. The molecular weight excluding hydrogens is 262 g/mol. The van der Waals surface area contributed by atoms with Gasteiger partial charge in [0.2, 0.25) is 0 Å². The van der Waals surface area contributed by atoms with Crippen LogP contribution in [0.4, 0.5) is 0 Å². The number of benzene rings is 1. The molecule has 1 aliphatic rings. The van der Waals surface area contributed by atoms with Crippen molar-refractivity contribution in [2.75, 3.05) is 12.8 Å². The smallest absolute Gasteiger partial charge is 0.329 e. The highest BCUT2D eigenvalue weighted by Crippen LogP contribution is 2.31. The van der Waals surface area contributed by atoms with E-state index < -0.39 is 11.5 Å². The van der Waals surface area contributed by atoms with Crippen molar-refractivity contribution in [2.45, 2.75) is 30.2 Å². The van der Waals surface area contributed by atoms with Crippen molar-refractivity contribution in [3.05, 3.63) is 29.8 Å². The molecule has 102 valence electrons. The lowest BCUT2D eigenvalue weighted by Gasteiger charge is -2.31. The molecule has 19 heavy (non-hydrogen) atoms. The molecule has 0 aliphatic carbocycles. The summed E-state index contributed by atoms with van der Waals surface area (Å²) >= 11 is 1.61. The zero-order valence-corrected chi connectivity index (χ0v) is 11.9. The number of carboxylic acid groups (broad SMARTS) is 1. The van der Waals surface area contributed by atoms with E-state index in [0.717, 1.165) is 11.3 Å². The number of carbonyl (C=O) groups excluding carboxylic acids is 1. The van der Waals surface area contributed by atoms with E-state index in [4.69, 9.17) is 0 Å². The highest BCUT2D eigenvalue weighted by molar-refractivity contribution is 7.98. The van der Waals surface area contributed by atoms with Crippen molar-refractivity contribution in [3.63, 3.8) is 0 Å². The van der Waals surface area contributed by atoms with Crippen LogP contribution in [-0.2, 0) is 4.79 Å². The van der Waals surface area contributed by atoms with Gasteiger partial charge in [0.1, 0.15) is 5.54 Å². The molecule has 5 heteroatoms. The fourth-order valence-corrected chi connectivity index (χ4v) is 2.81. The Balaban J connectivity index is 2.25. The molecule has 4 nitrogen and oxygen atoms in total. The number of likely N-dealkylation sites (tertiary alicyclic amines) is 1. The van der Waals surface area contributed by atoms with Crippen molar-refractivity contribution < 1.29 is 14.7 Å². The molecule has 0 aromatic heterocycles. The lowest BCUT2D eigenvalue weighted by molar-refractivity contribution is -0.147. The number of aliphatic carboxylic acids is 1. The van der Waals surface area contributed by atoms with Crippen molar-refractivity contribution >= 4 is 23.6 Å². The highest BCUT2D eigenvalue weighted by atomic mass is 32.2. The molecule has 2 rings (SSSR count). The third-order valence-electron chi connectivity index (χ3n) is 3.68. The van der Waals surface area contributed by atoms with E-state index in [0.29, 0.717) is 18.5 Å². The van der Waals surface area contributed by atoms with E-state index in [-0.39, 0.29) is 5.91 Å². The van der Waals surface area contributed by atoms with Crippen LogP contribution in [0.25, 0.3) is 0 Å². The molecule has 1 saturated heterocycles. The van der Waals surface area contributed by atoms with E-state index >= 15 is 0 Å². The molecule has 1 aromatic rings. The van der Waals surface area contributed by atoms with Crippen molar-refractivity contribution in [1.82, 2.24) is 4.90 Å². The number of hydrogen-bond donors (Lipinski definition) is 1. The van der Waals surface area contributed by atoms with Gasteiger partial charge in [-0.1, -0.05) is 0 Å². The second-order valence-corrected chi connectivity index (χ2v) is 5.75. The summed E-state index contributed by atoms with van der Waals surface area (Å²) in [4.78, 5) is 26.4. The summed E-state index contributed by atoms with van der Waals surface area (Å²) in [5.74, 6) is -1.13. The maximum absolute atomic E-state index is 12.4. The minimum Gasteiger partial charge on any atom is -0.480 e. The van der Waals surface area contributed by atoms with E-state index in [1.54, 1.807) is 30.8 Å². The number of amides is 1. The van der Waals surface area contributed by atoms with Gasteiger partial charge in [-0.15, -0.1) is 11.8 Å². The third-order valence-corrected chi connectivity index (χ3v) is 4.43. The fourth-order valence-electron chi connectivity index (χ4n) is 2.40. The van der Waals surface area contributed by atoms with Gasteiger partial charge in [-0.3, -0.25) is 4.79 Å². The first-order valence-corrected chi connectivity index (χ1v) is 7.41. The largest absolute Gasteiger partial charge is 0.480 e. The minimum atomic E-state index is -1.07. The van der Waals surface area contributed by atoms with E-state index in [9.17, 15) is 14.7 Å². The van der Waals surface area contributed by atoms with Gasteiger partial charge >= 0.3 is 5.97 Å². The average molecular weight is 279 g/mol. The molecule has 0 bridgehead atoms. The first kappa shape index (κ1) is 13.9. The van der Waals surface area contributed by atoms with Crippen LogP contribution in [0, 0.1) is 0 Å². The van der Waals surface area contributed by atoms with E-state index in [1.807, 2.05) is 18.4 Å². The Kier molecular flexibility index (Phi) is 3.85. The summed E-state index contributed by atoms with van der Waals surface area (Å²) < 4.78 is 0. The van der Waals surface area contributed by atoms with Crippen LogP contribution in [-0.4, -0.2) is 40.2 Å². The second kappa shape index (κ2) is 5.25. The molecule has 1 aliphatic heterocycles. The number of hydrogen-bond acceptors (Lipinski definition) is 3. The molecule has 1 fully saturated rings. The first-order chi connectivity index (χ1) is 8.99. The van der Waals surface area contributed by atoms with Gasteiger partial charge in [0, 0.05) is 17.0 Å². The number of carbonyl (C=O) groups is 2. The summed E-state index contributed by atoms with van der Waals surface area (Å²) in [6, 6.07) is 7.28. The molecule has 0 radical (unpaired) electrons. The van der Waals surface area contributed by atoms with Gasteiger partial charge in [0.25, 0.3) is 5.91 Å². The van der Waals surface area contributed by atoms with Gasteiger partial charge in [0.15, 0.2) is 0 Å².